The van der Waals surface area contributed by atoms with Crippen LogP contribution in [0.4, 0.5) is 0 Å². The predicted molar refractivity (Wildman–Crippen MR) is 145 cm³/mol. The number of hydrazone groups is 1. The minimum absolute atomic E-state index is 0.198. The van der Waals surface area contributed by atoms with Crippen LogP contribution in [0.2, 0.25) is 0 Å². The van der Waals surface area contributed by atoms with Gasteiger partial charge in [0.15, 0.2) is 6.61 Å². The summed E-state index contributed by atoms with van der Waals surface area (Å²) in [6.07, 6.45) is 1.48. The summed E-state index contributed by atoms with van der Waals surface area (Å²) in [7, 11) is 0. The number of ether oxygens (including phenoxy) is 2. The standard InChI is InChI=1S/C31H24N2O4/c1-21-13-15-24(16-14-21)31(35)37-29-18-17-23-8-2-4-10-25(23)27(29)19-32-33-30(34)20-36-28-12-6-9-22-7-3-5-11-26(22)28/h2-19H,20H2,1H3,(H,33,34)/b32-19+. The number of nitrogens with one attached hydrogen (secondary N) is 1. The maximum Gasteiger partial charge on any atom is 0.343 e. The molecule has 0 saturated heterocycles. The lowest BCUT2D eigenvalue weighted by Gasteiger charge is -2.11. The van der Waals surface area contributed by atoms with Gasteiger partial charge in [-0.15, -0.1) is 0 Å². The maximum absolute atomic E-state index is 12.8. The minimum atomic E-state index is -0.475. The lowest BCUT2D eigenvalue weighted by Crippen LogP contribution is -2.24. The zero-order valence-corrected chi connectivity index (χ0v) is 20.2. The Morgan fingerprint density at radius 1 is 0.757 bits per heavy atom. The van der Waals surface area contributed by atoms with Gasteiger partial charge in [-0.05, 0) is 47.3 Å². The van der Waals surface area contributed by atoms with Crippen LogP contribution in [0.1, 0.15) is 21.5 Å². The van der Waals surface area contributed by atoms with Crippen molar-refractivity contribution in [2.24, 2.45) is 5.10 Å². The van der Waals surface area contributed by atoms with Crippen LogP contribution in [0.15, 0.2) is 108 Å². The molecule has 6 nitrogen and oxygen atoms in total. The molecule has 6 heteroatoms. The molecule has 0 aliphatic heterocycles. The van der Waals surface area contributed by atoms with Crippen LogP contribution in [-0.2, 0) is 4.79 Å². The number of aryl methyl sites for hydroxylation is 1. The molecule has 0 saturated carbocycles. The monoisotopic (exact) mass is 488 g/mol. The van der Waals surface area contributed by atoms with Crippen LogP contribution >= 0.6 is 0 Å². The third-order valence-electron chi connectivity index (χ3n) is 5.91. The first kappa shape index (κ1) is 23.8. The average molecular weight is 489 g/mol. The molecule has 0 atom stereocenters. The molecule has 5 rings (SSSR count). The third-order valence-corrected chi connectivity index (χ3v) is 5.91. The molecule has 0 aromatic heterocycles. The van der Waals surface area contributed by atoms with Crippen molar-refractivity contribution in [1.82, 2.24) is 5.43 Å². The van der Waals surface area contributed by atoms with E-state index in [2.05, 4.69) is 10.5 Å². The first-order valence-electron chi connectivity index (χ1n) is 11.8. The van der Waals surface area contributed by atoms with Gasteiger partial charge in [0, 0.05) is 10.9 Å². The smallest absolute Gasteiger partial charge is 0.343 e. The summed E-state index contributed by atoms with van der Waals surface area (Å²) in [4.78, 5) is 25.2. The Morgan fingerprint density at radius 3 is 2.22 bits per heavy atom. The Morgan fingerprint density at radius 2 is 1.43 bits per heavy atom. The second-order valence-corrected chi connectivity index (χ2v) is 8.51. The molecule has 0 aliphatic rings. The number of carbonyl (C=O) groups excluding carboxylic acids is 2. The van der Waals surface area contributed by atoms with E-state index in [1.807, 2.05) is 91.9 Å². The Bertz CT molecular complexity index is 1620. The van der Waals surface area contributed by atoms with Gasteiger partial charge in [0.05, 0.1) is 11.8 Å². The van der Waals surface area contributed by atoms with E-state index in [4.69, 9.17) is 9.47 Å². The molecule has 0 radical (unpaired) electrons. The highest BCUT2D eigenvalue weighted by Gasteiger charge is 2.14. The van der Waals surface area contributed by atoms with Crippen molar-refractivity contribution in [2.75, 3.05) is 6.61 Å². The molecule has 182 valence electrons. The molecular formula is C31H24N2O4. The quantitative estimate of drug-likeness (QED) is 0.131. The third kappa shape index (κ3) is 5.49. The van der Waals surface area contributed by atoms with Gasteiger partial charge in [0.1, 0.15) is 11.5 Å². The lowest BCUT2D eigenvalue weighted by molar-refractivity contribution is -0.123. The Kier molecular flexibility index (Phi) is 6.90. The van der Waals surface area contributed by atoms with E-state index in [0.29, 0.717) is 22.6 Å². The topological polar surface area (TPSA) is 77.0 Å². The van der Waals surface area contributed by atoms with Gasteiger partial charge in [-0.1, -0.05) is 84.4 Å². The summed E-state index contributed by atoms with van der Waals surface area (Å²) < 4.78 is 11.4. The van der Waals surface area contributed by atoms with Gasteiger partial charge >= 0.3 is 5.97 Å². The lowest BCUT2D eigenvalue weighted by atomic mass is 10.0. The highest BCUT2D eigenvalue weighted by molar-refractivity contribution is 6.04. The number of hydrogen-bond donors (Lipinski definition) is 1. The first-order valence-corrected chi connectivity index (χ1v) is 11.8. The molecule has 5 aromatic rings. The van der Waals surface area contributed by atoms with Gasteiger partial charge in [0.2, 0.25) is 0 Å². The largest absolute Gasteiger partial charge is 0.483 e. The van der Waals surface area contributed by atoms with E-state index in [1.165, 1.54) is 6.21 Å². The number of rotatable bonds is 7. The van der Waals surface area contributed by atoms with Crippen LogP contribution in [0, 0.1) is 6.92 Å². The number of esters is 1. The summed E-state index contributed by atoms with van der Waals surface area (Å²) >= 11 is 0. The molecule has 5 aromatic carbocycles. The van der Waals surface area contributed by atoms with Crippen LogP contribution in [0.5, 0.6) is 11.5 Å². The number of amides is 1. The van der Waals surface area contributed by atoms with Crippen molar-refractivity contribution in [2.45, 2.75) is 6.92 Å². The number of benzene rings is 5. The van der Waals surface area contributed by atoms with Crippen molar-refractivity contribution in [3.63, 3.8) is 0 Å². The molecule has 0 heterocycles. The van der Waals surface area contributed by atoms with Crippen molar-refractivity contribution >= 4 is 39.6 Å². The van der Waals surface area contributed by atoms with Gasteiger partial charge in [-0.3, -0.25) is 4.79 Å². The molecule has 1 amide bonds. The average Bonchev–Trinajstić information content (AvgIpc) is 2.93. The summed E-state index contributed by atoms with van der Waals surface area (Å²) in [6.45, 7) is 1.75. The zero-order valence-electron chi connectivity index (χ0n) is 20.2. The minimum Gasteiger partial charge on any atom is -0.483 e. The highest BCUT2D eigenvalue weighted by Crippen LogP contribution is 2.28. The molecule has 0 fully saturated rings. The van der Waals surface area contributed by atoms with Gasteiger partial charge in [-0.2, -0.15) is 5.10 Å². The summed E-state index contributed by atoms with van der Waals surface area (Å²) in [6, 6.07) is 31.9. The SMILES string of the molecule is Cc1ccc(C(=O)Oc2ccc3ccccc3c2/C=N/NC(=O)COc2cccc3ccccc23)cc1. The number of fused-ring (bicyclic) bond motifs is 2. The fraction of sp³-hybridized carbons (Fsp3) is 0.0645. The van der Waals surface area contributed by atoms with Gasteiger partial charge in [-0.25, -0.2) is 10.2 Å². The van der Waals surface area contributed by atoms with E-state index in [-0.39, 0.29) is 6.61 Å². The highest BCUT2D eigenvalue weighted by atomic mass is 16.5. The Hall–Kier alpha value is -4.97. The second kappa shape index (κ2) is 10.7. The number of nitrogens with zero attached hydrogens (tertiary/aromatic N) is 1. The summed E-state index contributed by atoms with van der Waals surface area (Å²) in [5.74, 6) is 0.0749. The first-order chi connectivity index (χ1) is 18.1. The molecule has 37 heavy (non-hydrogen) atoms. The Balaban J connectivity index is 1.32. The van der Waals surface area contributed by atoms with Crippen LogP contribution < -0.4 is 14.9 Å². The van der Waals surface area contributed by atoms with E-state index in [0.717, 1.165) is 27.1 Å². The van der Waals surface area contributed by atoms with Gasteiger partial charge < -0.3 is 9.47 Å². The fourth-order valence-electron chi connectivity index (χ4n) is 4.01. The normalized spacial score (nSPS) is 11.1. The number of hydrogen-bond acceptors (Lipinski definition) is 5. The zero-order chi connectivity index (χ0) is 25.6. The summed E-state index contributed by atoms with van der Waals surface area (Å²) in [5.41, 5.74) is 4.57. The Labute approximate surface area is 214 Å². The van der Waals surface area contributed by atoms with Crippen molar-refractivity contribution in [3.05, 3.63) is 120 Å². The van der Waals surface area contributed by atoms with E-state index >= 15 is 0 Å². The van der Waals surface area contributed by atoms with Crippen LogP contribution in [0.25, 0.3) is 21.5 Å². The van der Waals surface area contributed by atoms with E-state index in [9.17, 15) is 9.59 Å². The molecule has 0 bridgehead atoms. The van der Waals surface area contributed by atoms with Crippen molar-refractivity contribution < 1.29 is 19.1 Å². The predicted octanol–water partition coefficient (Wildman–Crippen LogP) is 6.05. The molecule has 0 aliphatic carbocycles. The maximum atomic E-state index is 12.8. The van der Waals surface area contributed by atoms with E-state index in [1.54, 1.807) is 18.2 Å². The molecular weight excluding hydrogens is 464 g/mol. The van der Waals surface area contributed by atoms with Crippen molar-refractivity contribution in [3.8, 4) is 11.5 Å². The summed E-state index contributed by atoms with van der Waals surface area (Å²) in [5, 5.41) is 7.86. The van der Waals surface area contributed by atoms with E-state index < -0.39 is 11.9 Å². The van der Waals surface area contributed by atoms with Gasteiger partial charge in [0.25, 0.3) is 5.91 Å². The second-order valence-electron chi connectivity index (χ2n) is 8.51. The fourth-order valence-corrected chi connectivity index (χ4v) is 4.01. The molecule has 0 spiro atoms. The van der Waals surface area contributed by atoms with Crippen LogP contribution in [0.3, 0.4) is 0 Å². The molecule has 0 unspecified atom stereocenters. The van der Waals surface area contributed by atoms with Crippen LogP contribution in [-0.4, -0.2) is 24.7 Å². The molecule has 1 N–H and O–H groups in total. The van der Waals surface area contributed by atoms with Crippen molar-refractivity contribution in [1.29, 1.82) is 0 Å². The number of carbonyl (C=O) groups is 2.